The van der Waals surface area contributed by atoms with E-state index in [0.717, 1.165) is 35.3 Å². The zero-order valence-electron chi connectivity index (χ0n) is 12.8. The molecule has 0 bridgehead atoms. The van der Waals surface area contributed by atoms with Crippen LogP contribution in [0.5, 0.6) is 0 Å². The summed E-state index contributed by atoms with van der Waals surface area (Å²) >= 11 is 0. The molecule has 1 heterocycles. The molecule has 0 aliphatic carbocycles. The third kappa shape index (κ3) is 3.84. The Kier molecular flexibility index (Phi) is 4.98. The number of nitrogens with zero attached hydrogens (tertiary/aromatic N) is 2. The van der Waals surface area contributed by atoms with Crippen molar-refractivity contribution in [2.45, 2.75) is 26.8 Å². The summed E-state index contributed by atoms with van der Waals surface area (Å²) in [4.78, 5) is 14.4. The predicted molar refractivity (Wildman–Crippen MR) is 84.3 cm³/mol. The highest BCUT2D eigenvalue weighted by atomic mass is 16.2. The SMILES string of the molecule is CCCNc1ccc(C)cc1C(=O)N(C)Cc1cn[nH]c1. The summed E-state index contributed by atoms with van der Waals surface area (Å²) in [6, 6.07) is 5.93. The van der Waals surface area contributed by atoms with Crippen molar-refractivity contribution < 1.29 is 4.79 Å². The molecular formula is C16H22N4O. The van der Waals surface area contributed by atoms with Crippen LogP contribution in [0.15, 0.2) is 30.6 Å². The summed E-state index contributed by atoms with van der Waals surface area (Å²) in [5, 5.41) is 9.98. The molecule has 5 nitrogen and oxygen atoms in total. The first-order chi connectivity index (χ1) is 10.1. The monoisotopic (exact) mass is 286 g/mol. The van der Waals surface area contributed by atoms with Crippen LogP contribution in [0.4, 0.5) is 5.69 Å². The third-order valence-corrected chi connectivity index (χ3v) is 3.29. The lowest BCUT2D eigenvalue weighted by Gasteiger charge is -2.19. The molecule has 2 rings (SSSR count). The van der Waals surface area contributed by atoms with Crippen molar-refractivity contribution in [1.82, 2.24) is 15.1 Å². The first kappa shape index (κ1) is 15.1. The van der Waals surface area contributed by atoms with E-state index in [1.54, 1.807) is 24.3 Å². The number of aryl methyl sites for hydroxylation is 1. The summed E-state index contributed by atoms with van der Waals surface area (Å²) in [6.07, 6.45) is 4.55. The van der Waals surface area contributed by atoms with Crippen LogP contribution >= 0.6 is 0 Å². The van der Waals surface area contributed by atoms with Crippen LogP contribution in [0.2, 0.25) is 0 Å². The number of aromatic nitrogens is 2. The normalized spacial score (nSPS) is 10.4. The molecule has 0 atom stereocenters. The van der Waals surface area contributed by atoms with E-state index < -0.39 is 0 Å². The van der Waals surface area contributed by atoms with Crippen molar-refractivity contribution in [3.8, 4) is 0 Å². The maximum absolute atomic E-state index is 12.7. The molecule has 0 aliphatic heterocycles. The first-order valence-electron chi connectivity index (χ1n) is 7.19. The summed E-state index contributed by atoms with van der Waals surface area (Å²) < 4.78 is 0. The highest BCUT2D eigenvalue weighted by molar-refractivity contribution is 5.99. The fraction of sp³-hybridized carbons (Fsp3) is 0.375. The van der Waals surface area contributed by atoms with Gasteiger partial charge in [-0.15, -0.1) is 0 Å². The Bertz CT molecular complexity index is 592. The van der Waals surface area contributed by atoms with Gasteiger partial charge in [-0.05, 0) is 25.5 Å². The largest absolute Gasteiger partial charge is 0.384 e. The van der Waals surface area contributed by atoms with Crippen LogP contribution in [0.25, 0.3) is 0 Å². The van der Waals surface area contributed by atoms with Crippen LogP contribution in [0.1, 0.15) is 34.8 Å². The molecule has 5 heteroatoms. The minimum atomic E-state index is 0.0125. The highest BCUT2D eigenvalue weighted by Gasteiger charge is 2.16. The van der Waals surface area contributed by atoms with Gasteiger partial charge in [0.25, 0.3) is 5.91 Å². The fourth-order valence-corrected chi connectivity index (χ4v) is 2.16. The van der Waals surface area contributed by atoms with Gasteiger partial charge in [-0.2, -0.15) is 5.10 Å². The second kappa shape index (κ2) is 6.92. The number of carbonyl (C=O) groups excluding carboxylic acids is 1. The molecule has 21 heavy (non-hydrogen) atoms. The van der Waals surface area contributed by atoms with Gasteiger partial charge < -0.3 is 10.2 Å². The Labute approximate surface area is 125 Å². The number of hydrogen-bond donors (Lipinski definition) is 2. The number of hydrogen-bond acceptors (Lipinski definition) is 3. The van der Waals surface area contributed by atoms with Crippen molar-refractivity contribution >= 4 is 11.6 Å². The molecule has 112 valence electrons. The highest BCUT2D eigenvalue weighted by Crippen LogP contribution is 2.20. The maximum atomic E-state index is 12.7. The number of amides is 1. The molecule has 1 aromatic heterocycles. The molecule has 2 N–H and O–H groups in total. The first-order valence-corrected chi connectivity index (χ1v) is 7.19. The molecule has 0 spiro atoms. The van der Waals surface area contributed by atoms with Gasteiger partial charge in [-0.25, -0.2) is 0 Å². The standard InChI is InChI=1S/C16H22N4O/c1-4-7-17-15-6-5-12(2)8-14(15)16(21)20(3)11-13-9-18-19-10-13/h5-6,8-10,17H,4,7,11H2,1-3H3,(H,18,19). The zero-order chi connectivity index (χ0) is 15.2. The van der Waals surface area contributed by atoms with Crippen molar-refractivity contribution in [3.05, 3.63) is 47.3 Å². The molecule has 0 unspecified atom stereocenters. The van der Waals surface area contributed by atoms with Gasteiger partial charge >= 0.3 is 0 Å². The summed E-state index contributed by atoms with van der Waals surface area (Å²) in [5.74, 6) is 0.0125. The lowest BCUT2D eigenvalue weighted by molar-refractivity contribution is 0.0786. The van der Waals surface area contributed by atoms with Crippen molar-refractivity contribution in [2.75, 3.05) is 18.9 Å². The van der Waals surface area contributed by atoms with Crippen LogP contribution in [-0.2, 0) is 6.54 Å². The van der Waals surface area contributed by atoms with Crippen molar-refractivity contribution in [3.63, 3.8) is 0 Å². The molecule has 2 aromatic rings. The fourth-order valence-electron chi connectivity index (χ4n) is 2.16. The van der Waals surface area contributed by atoms with Crippen LogP contribution in [-0.4, -0.2) is 34.6 Å². The molecular weight excluding hydrogens is 264 g/mol. The third-order valence-electron chi connectivity index (χ3n) is 3.29. The van der Waals surface area contributed by atoms with Gasteiger partial charge in [-0.3, -0.25) is 9.89 Å². The average Bonchev–Trinajstić information content (AvgIpc) is 2.98. The number of carbonyl (C=O) groups is 1. The average molecular weight is 286 g/mol. The Hall–Kier alpha value is -2.30. The number of aromatic amines is 1. The van der Waals surface area contributed by atoms with Gasteiger partial charge in [0.1, 0.15) is 0 Å². The minimum absolute atomic E-state index is 0.0125. The lowest BCUT2D eigenvalue weighted by Crippen LogP contribution is -2.27. The predicted octanol–water partition coefficient (Wildman–Crippen LogP) is 2.81. The van der Waals surface area contributed by atoms with E-state index in [0.29, 0.717) is 6.54 Å². The van der Waals surface area contributed by atoms with E-state index in [1.807, 2.05) is 25.1 Å². The molecule has 0 radical (unpaired) electrons. The van der Waals surface area contributed by atoms with E-state index in [1.165, 1.54) is 0 Å². The van der Waals surface area contributed by atoms with Gasteiger partial charge in [-0.1, -0.05) is 18.6 Å². The zero-order valence-corrected chi connectivity index (χ0v) is 12.8. The lowest BCUT2D eigenvalue weighted by atomic mass is 10.1. The Morgan fingerprint density at radius 1 is 1.43 bits per heavy atom. The van der Waals surface area contributed by atoms with E-state index in [2.05, 4.69) is 22.4 Å². The number of rotatable bonds is 6. The van der Waals surface area contributed by atoms with Gasteiger partial charge in [0.05, 0.1) is 11.8 Å². The van der Waals surface area contributed by atoms with Crippen LogP contribution < -0.4 is 5.32 Å². The molecule has 0 saturated heterocycles. The number of anilines is 1. The molecule has 1 aromatic carbocycles. The van der Waals surface area contributed by atoms with E-state index >= 15 is 0 Å². The number of nitrogens with one attached hydrogen (secondary N) is 2. The van der Waals surface area contributed by atoms with E-state index in [9.17, 15) is 4.79 Å². The van der Waals surface area contributed by atoms with Gasteiger partial charge in [0.15, 0.2) is 0 Å². The summed E-state index contributed by atoms with van der Waals surface area (Å²) in [6.45, 7) is 5.50. The number of H-pyrrole nitrogens is 1. The van der Waals surface area contributed by atoms with Gasteiger partial charge in [0, 0.05) is 37.6 Å². The second-order valence-corrected chi connectivity index (χ2v) is 5.24. The second-order valence-electron chi connectivity index (χ2n) is 5.24. The maximum Gasteiger partial charge on any atom is 0.256 e. The summed E-state index contributed by atoms with van der Waals surface area (Å²) in [7, 11) is 1.81. The quantitative estimate of drug-likeness (QED) is 0.858. The topological polar surface area (TPSA) is 61.0 Å². The molecule has 0 saturated carbocycles. The van der Waals surface area contributed by atoms with E-state index in [4.69, 9.17) is 0 Å². The Morgan fingerprint density at radius 2 is 2.24 bits per heavy atom. The summed E-state index contributed by atoms with van der Waals surface area (Å²) in [5.41, 5.74) is 3.68. The van der Waals surface area contributed by atoms with Crippen molar-refractivity contribution in [2.24, 2.45) is 0 Å². The smallest absolute Gasteiger partial charge is 0.256 e. The molecule has 0 aliphatic rings. The van der Waals surface area contributed by atoms with Gasteiger partial charge in [0.2, 0.25) is 0 Å². The van der Waals surface area contributed by atoms with E-state index in [-0.39, 0.29) is 5.91 Å². The Morgan fingerprint density at radius 3 is 2.90 bits per heavy atom. The van der Waals surface area contributed by atoms with Crippen LogP contribution in [0, 0.1) is 6.92 Å². The number of benzene rings is 1. The molecule has 1 amide bonds. The van der Waals surface area contributed by atoms with Crippen LogP contribution in [0.3, 0.4) is 0 Å². The Balaban J connectivity index is 2.18. The minimum Gasteiger partial charge on any atom is -0.384 e. The van der Waals surface area contributed by atoms with Crippen molar-refractivity contribution in [1.29, 1.82) is 0 Å². The molecule has 0 fully saturated rings.